The van der Waals surface area contributed by atoms with Crippen LogP contribution in [0.1, 0.15) is 31.1 Å². The zero-order valence-corrected chi connectivity index (χ0v) is 22.7. The van der Waals surface area contributed by atoms with Crippen LogP contribution in [-0.2, 0) is 19.0 Å². The van der Waals surface area contributed by atoms with Crippen LogP contribution in [0.3, 0.4) is 0 Å². The maximum absolute atomic E-state index is 12.6. The molecule has 0 aliphatic carbocycles. The first kappa shape index (κ1) is 27.1. The van der Waals surface area contributed by atoms with E-state index in [0.29, 0.717) is 37.6 Å². The van der Waals surface area contributed by atoms with E-state index in [4.69, 9.17) is 18.9 Å². The van der Waals surface area contributed by atoms with Gasteiger partial charge in [0.15, 0.2) is 6.29 Å². The average Bonchev–Trinajstić information content (AvgIpc) is 3.68. The van der Waals surface area contributed by atoms with Gasteiger partial charge in [-0.15, -0.1) is 0 Å². The SMILES string of the molecule is COc1cc(NC(=O)CCN2CCC(OC(=O)Nc3ccccc3-c3ccsc3)CC2)ccc1C1OCCO1. The maximum Gasteiger partial charge on any atom is 0.411 e. The van der Waals surface area contributed by atoms with Gasteiger partial charge in [0, 0.05) is 48.9 Å². The summed E-state index contributed by atoms with van der Waals surface area (Å²) in [5.41, 5.74) is 4.24. The third kappa shape index (κ3) is 7.15. The standard InChI is InChI=1S/C29H33N3O6S/c1-35-26-18-21(6-7-24(26)28-36-15-16-37-28)30-27(33)10-14-32-12-8-22(9-13-32)38-29(34)31-25-5-3-2-4-23(25)20-11-17-39-19-20/h2-7,11,17-19,22,28H,8-10,12-16H2,1H3,(H,30,33)(H,31,34). The van der Waals surface area contributed by atoms with Gasteiger partial charge in [-0.2, -0.15) is 11.3 Å². The van der Waals surface area contributed by atoms with Crippen LogP contribution in [0.5, 0.6) is 5.75 Å². The van der Waals surface area contributed by atoms with Gasteiger partial charge in [-0.3, -0.25) is 10.1 Å². The smallest absolute Gasteiger partial charge is 0.411 e. The Hall–Kier alpha value is -3.44. The van der Waals surface area contributed by atoms with Gasteiger partial charge in [0.25, 0.3) is 0 Å². The molecule has 2 aromatic carbocycles. The van der Waals surface area contributed by atoms with Crippen LogP contribution in [0.15, 0.2) is 59.3 Å². The van der Waals surface area contributed by atoms with Crippen molar-refractivity contribution in [3.63, 3.8) is 0 Å². The fourth-order valence-corrected chi connectivity index (χ4v) is 5.46. The molecule has 3 aromatic rings. The van der Waals surface area contributed by atoms with Gasteiger partial charge >= 0.3 is 6.09 Å². The van der Waals surface area contributed by atoms with Crippen molar-refractivity contribution in [2.45, 2.75) is 31.7 Å². The molecule has 2 aliphatic rings. The first-order valence-corrected chi connectivity index (χ1v) is 14.1. The molecule has 0 unspecified atom stereocenters. The summed E-state index contributed by atoms with van der Waals surface area (Å²) >= 11 is 1.62. The summed E-state index contributed by atoms with van der Waals surface area (Å²) < 4.78 is 22.3. The minimum absolute atomic E-state index is 0.0693. The molecule has 2 aliphatic heterocycles. The largest absolute Gasteiger partial charge is 0.496 e. The Morgan fingerprint density at radius 2 is 1.85 bits per heavy atom. The first-order valence-electron chi connectivity index (χ1n) is 13.1. The number of nitrogens with zero attached hydrogens (tertiary/aromatic N) is 1. The van der Waals surface area contributed by atoms with Crippen LogP contribution >= 0.6 is 11.3 Å². The number of para-hydroxylation sites is 1. The Kier molecular flexibility index (Phi) is 9.10. The third-order valence-electron chi connectivity index (χ3n) is 6.85. The number of ether oxygens (including phenoxy) is 4. The highest BCUT2D eigenvalue weighted by atomic mass is 32.1. The number of hydrogen-bond acceptors (Lipinski definition) is 8. The topological polar surface area (TPSA) is 98.4 Å². The summed E-state index contributed by atoms with van der Waals surface area (Å²) in [6.07, 6.45) is 0.788. The highest BCUT2D eigenvalue weighted by Crippen LogP contribution is 2.33. The summed E-state index contributed by atoms with van der Waals surface area (Å²) in [5.74, 6) is 0.543. The molecule has 3 heterocycles. The van der Waals surface area contributed by atoms with Crippen LogP contribution in [0.4, 0.5) is 16.2 Å². The predicted molar refractivity (Wildman–Crippen MR) is 150 cm³/mol. The lowest BCUT2D eigenvalue weighted by Gasteiger charge is -2.31. The Balaban J connectivity index is 1.04. The van der Waals surface area contributed by atoms with Crippen molar-refractivity contribution in [3.05, 3.63) is 64.9 Å². The molecule has 2 N–H and O–H groups in total. The number of benzene rings is 2. The molecule has 2 amide bonds. The number of nitrogens with one attached hydrogen (secondary N) is 2. The van der Waals surface area contributed by atoms with Crippen molar-refractivity contribution in [3.8, 4) is 16.9 Å². The lowest BCUT2D eigenvalue weighted by molar-refractivity contribution is -0.116. The fourth-order valence-electron chi connectivity index (χ4n) is 4.81. The van der Waals surface area contributed by atoms with E-state index in [-0.39, 0.29) is 12.0 Å². The molecular formula is C29H33N3O6S. The number of hydrogen-bond donors (Lipinski definition) is 2. The molecule has 39 heavy (non-hydrogen) atoms. The van der Waals surface area contributed by atoms with Gasteiger partial charge in [0.1, 0.15) is 11.9 Å². The van der Waals surface area contributed by atoms with Gasteiger partial charge in [-0.1, -0.05) is 18.2 Å². The second-order valence-corrected chi connectivity index (χ2v) is 10.2. The zero-order valence-electron chi connectivity index (χ0n) is 21.9. The van der Waals surface area contributed by atoms with Crippen molar-refractivity contribution >= 4 is 34.7 Å². The van der Waals surface area contributed by atoms with E-state index in [1.165, 1.54) is 0 Å². The highest BCUT2D eigenvalue weighted by Gasteiger charge is 2.24. The monoisotopic (exact) mass is 551 g/mol. The zero-order chi connectivity index (χ0) is 27.0. The van der Waals surface area contributed by atoms with Crippen molar-refractivity contribution < 1.29 is 28.5 Å². The predicted octanol–water partition coefficient (Wildman–Crippen LogP) is 5.51. The molecule has 0 bridgehead atoms. The number of carbonyl (C=O) groups excluding carboxylic acids is 2. The van der Waals surface area contributed by atoms with E-state index in [2.05, 4.69) is 20.9 Å². The molecule has 2 saturated heterocycles. The Morgan fingerprint density at radius 3 is 2.59 bits per heavy atom. The highest BCUT2D eigenvalue weighted by molar-refractivity contribution is 7.08. The summed E-state index contributed by atoms with van der Waals surface area (Å²) in [7, 11) is 1.58. The maximum atomic E-state index is 12.6. The van der Waals surface area contributed by atoms with E-state index < -0.39 is 12.4 Å². The molecule has 0 saturated carbocycles. The molecule has 10 heteroatoms. The number of anilines is 2. The second-order valence-electron chi connectivity index (χ2n) is 9.46. The average molecular weight is 552 g/mol. The van der Waals surface area contributed by atoms with Crippen LogP contribution < -0.4 is 15.4 Å². The molecule has 1 aromatic heterocycles. The molecule has 0 radical (unpaired) electrons. The molecule has 9 nitrogen and oxygen atoms in total. The molecule has 0 spiro atoms. The number of carbonyl (C=O) groups is 2. The summed E-state index contributed by atoms with van der Waals surface area (Å²) in [6, 6.07) is 15.2. The van der Waals surface area contributed by atoms with Crippen molar-refractivity contribution in [1.29, 1.82) is 0 Å². The van der Waals surface area contributed by atoms with Crippen LogP contribution in [-0.4, -0.2) is 63.0 Å². The van der Waals surface area contributed by atoms with Gasteiger partial charge < -0.3 is 29.2 Å². The molecule has 206 valence electrons. The Bertz CT molecular complexity index is 1250. The quantitative estimate of drug-likeness (QED) is 0.362. The molecular weight excluding hydrogens is 518 g/mol. The minimum Gasteiger partial charge on any atom is -0.496 e. The van der Waals surface area contributed by atoms with E-state index in [9.17, 15) is 9.59 Å². The van der Waals surface area contributed by atoms with Gasteiger partial charge in [-0.25, -0.2) is 4.79 Å². The van der Waals surface area contributed by atoms with Crippen LogP contribution in [0.2, 0.25) is 0 Å². The first-order chi connectivity index (χ1) is 19.1. The van der Waals surface area contributed by atoms with Gasteiger partial charge in [0.2, 0.25) is 5.91 Å². The molecule has 0 atom stereocenters. The van der Waals surface area contributed by atoms with E-state index >= 15 is 0 Å². The van der Waals surface area contributed by atoms with Crippen LogP contribution in [0, 0.1) is 0 Å². The second kappa shape index (κ2) is 13.1. The number of likely N-dealkylation sites (tertiary alicyclic amines) is 1. The fraction of sp³-hybridized carbons (Fsp3) is 0.379. The van der Waals surface area contributed by atoms with E-state index in [0.717, 1.165) is 48.3 Å². The molecule has 2 fully saturated rings. The lowest BCUT2D eigenvalue weighted by atomic mass is 10.1. The number of methoxy groups -OCH3 is 1. The summed E-state index contributed by atoms with van der Waals surface area (Å²) in [4.78, 5) is 27.4. The van der Waals surface area contributed by atoms with E-state index in [1.807, 2.05) is 47.8 Å². The Labute approximate surface area is 232 Å². The van der Waals surface area contributed by atoms with Gasteiger partial charge in [-0.05, 0) is 53.4 Å². The number of rotatable bonds is 9. The number of piperidine rings is 1. The summed E-state index contributed by atoms with van der Waals surface area (Å²) in [5, 5.41) is 9.91. The van der Waals surface area contributed by atoms with Crippen molar-refractivity contribution in [2.75, 3.05) is 50.6 Å². The van der Waals surface area contributed by atoms with Crippen molar-refractivity contribution in [2.24, 2.45) is 0 Å². The molecule has 5 rings (SSSR count). The number of thiophene rings is 1. The van der Waals surface area contributed by atoms with Crippen LogP contribution in [0.25, 0.3) is 11.1 Å². The third-order valence-corrected chi connectivity index (χ3v) is 7.54. The Morgan fingerprint density at radius 1 is 1.05 bits per heavy atom. The lowest BCUT2D eigenvalue weighted by Crippen LogP contribution is -2.39. The number of amides is 2. The van der Waals surface area contributed by atoms with E-state index in [1.54, 1.807) is 24.5 Å². The summed E-state index contributed by atoms with van der Waals surface area (Å²) in [6.45, 7) is 3.26. The normalized spacial score (nSPS) is 16.6. The van der Waals surface area contributed by atoms with Crippen molar-refractivity contribution in [1.82, 2.24) is 4.90 Å². The minimum atomic E-state index is -0.442. The van der Waals surface area contributed by atoms with Gasteiger partial charge in [0.05, 0.1) is 26.0 Å².